The van der Waals surface area contributed by atoms with Gasteiger partial charge in [0.2, 0.25) is 0 Å². The smallest absolute Gasteiger partial charge is 0.314 e. The number of likely N-dealkylation sites (tertiary alicyclic amines) is 1. The topological polar surface area (TPSA) is 18.5 Å². The molecule has 3 nitrogen and oxygen atoms in total. The lowest BCUT2D eigenvalue weighted by molar-refractivity contribution is -0.203. The largest absolute Gasteiger partial charge is 0.408 e. The Labute approximate surface area is 122 Å². The maximum Gasteiger partial charge on any atom is 0.408 e. The van der Waals surface area contributed by atoms with Crippen molar-refractivity contribution in [2.75, 3.05) is 39.3 Å². The lowest BCUT2D eigenvalue weighted by Crippen LogP contribution is -2.64. The molecule has 0 aromatic heterocycles. The molecule has 1 aromatic carbocycles. The van der Waals surface area contributed by atoms with Crippen molar-refractivity contribution in [3.8, 4) is 0 Å². The Morgan fingerprint density at radius 3 is 2.24 bits per heavy atom. The van der Waals surface area contributed by atoms with Crippen LogP contribution in [0.2, 0.25) is 0 Å². The quantitative estimate of drug-likeness (QED) is 0.919. The van der Waals surface area contributed by atoms with E-state index in [0.717, 1.165) is 26.2 Å². The number of hydrogen-bond donors (Lipinski definition) is 1. The van der Waals surface area contributed by atoms with Gasteiger partial charge in [-0.3, -0.25) is 9.80 Å². The summed E-state index contributed by atoms with van der Waals surface area (Å²) < 4.78 is 40.1. The molecule has 1 N–H and O–H groups in total. The molecular weight excluding hydrogens is 279 g/mol. The summed E-state index contributed by atoms with van der Waals surface area (Å²) in [5.74, 6) is 0. The van der Waals surface area contributed by atoms with E-state index >= 15 is 0 Å². The molecule has 0 aliphatic carbocycles. The normalized spacial score (nSPS) is 23.8. The van der Waals surface area contributed by atoms with Gasteiger partial charge in [0.05, 0.1) is 0 Å². The van der Waals surface area contributed by atoms with Crippen molar-refractivity contribution in [2.45, 2.75) is 18.3 Å². The predicted molar refractivity (Wildman–Crippen MR) is 75.0 cm³/mol. The molecule has 2 saturated heterocycles. The van der Waals surface area contributed by atoms with Crippen LogP contribution in [0.4, 0.5) is 13.2 Å². The van der Waals surface area contributed by atoms with Crippen molar-refractivity contribution in [1.29, 1.82) is 0 Å². The highest BCUT2D eigenvalue weighted by Crippen LogP contribution is 2.40. The van der Waals surface area contributed by atoms with Gasteiger partial charge in [0.15, 0.2) is 0 Å². The number of benzene rings is 1. The predicted octanol–water partition coefficient (Wildman–Crippen LogP) is 1.88. The van der Waals surface area contributed by atoms with Crippen molar-refractivity contribution in [2.24, 2.45) is 0 Å². The van der Waals surface area contributed by atoms with Gasteiger partial charge in [0, 0.05) is 45.3 Å². The first-order valence-electron chi connectivity index (χ1n) is 7.36. The zero-order valence-corrected chi connectivity index (χ0v) is 11.8. The molecule has 2 aliphatic rings. The first kappa shape index (κ1) is 14.8. The van der Waals surface area contributed by atoms with Crippen LogP contribution in [0.5, 0.6) is 0 Å². The Balaban J connectivity index is 1.67. The molecule has 2 fully saturated rings. The summed E-state index contributed by atoms with van der Waals surface area (Å²) in [6, 6.07) is 7.01. The second-order valence-corrected chi connectivity index (χ2v) is 5.75. The first-order chi connectivity index (χ1) is 10.1. The molecule has 0 spiro atoms. The molecule has 6 heteroatoms. The average Bonchev–Trinajstić information content (AvgIpc) is 2.43. The van der Waals surface area contributed by atoms with Gasteiger partial charge in [-0.2, -0.15) is 13.2 Å². The minimum atomic E-state index is -4.23. The highest BCUT2D eigenvalue weighted by molar-refractivity contribution is 5.21. The van der Waals surface area contributed by atoms with Gasteiger partial charge < -0.3 is 5.32 Å². The van der Waals surface area contributed by atoms with Crippen LogP contribution in [-0.2, 0) is 0 Å². The standard InChI is InChI=1S/C15H20F3N3/c16-15(17,18)14(12-4-2-1-3-5-12)21-10-13(11-21)20-8-6-19-7-9-20/h1-5,13-14,19H,6-11H2. The molecule has 1 aromatic rings. The first-order valence-corrected chi connectivity index (χ1v) is 7.36. The van der Waals surface area contributed by atoms with Crippen molar-refractivity contribution < 1.29 is 13.2 Å². The third-order valence-electron chi connectivity index (χ3n) is 4.35. The number of hydrogen-bond acceptors (Lipinski definition) is 3. The Hall–Kier alpha value is -1.11. The van der Waals surface area contributed by atoms with Crippen LogP contribution in [0.15, 0.2) is 30.3 Å². The fourth-order valence-electron chi connectivity index (χ4n) is 3.22. The second-order valence-electron chi connectivity index (χ2n) is 5.75. The summed E-state index contributed by atoms with van der Waals surface area (Å²) in [4.78, 5) is 3.84. The lowest BCUT2D eigenvalue weighted by atomic mass is 9.97. The van der Waals surface area contributed by atoms with Gasteiger partial charge in [-0.1, -0.05) is 30.3 Å². The lowest BCUT2D eigenvalue weighted by Gasteiger charge is -2.50. The van der Waals surface area contributed by atoms with E-state index in [0.29, 0.717) is 18.7 Å². The Morgan fingerprint density at radius 1 is 1.05 bits per heavy atom. The monoisotopic (exact) mass is 299 g/mol. The molecule has 0 bridgehead atoms. The van der Waals surface area contributed by atoms with Crippen LogP contribution in [0.3, 0.4) is 0 Å². The zero-order chi connectivity index (χ0) is 14.9. The van der Waals surface area contributed by atoms with Gasteiger partial charge in [-0.05, 0) is 5.56 Å². The van der Waals surface area contributed by atoms with E-state index in [9.17, 15) is 13.2 Å². The maximum absolute atomic E-state index is 13.4. The average molecular weight is 299 g/mol. The number of nitrogens with one attached hydrogen (secondary N) is 1. The van der Waals surface area contributed by atoms with E-state index in [4.69, 9.17) is 0 Å². The van der Waals surface area contributed by atoms with E-state index < -0.39 is 12.2 Å². The summed E-state index contributed by atoms with van der Waals surface area (Å²) in [6.07, 6.45) is -4.23. The minimum absolute atomic E-state index is 0.265. The summed E-state index contributed by atoms with van der Waals surface area (Å²) in [5, 5.41) is 3.27. The van der Waals surface area contributed by atoms with Gasteiger partial charge in [-0.15, -0.1) is 0 Å². The Morgan fingerprint density at radius 2 is 1.67 bits per heavy atom. The molecular formula is C15H20F3N3. The van der Waals surface area contributed by atoms with Crippen LogP contribution < -0.4 is 5.32 Å². The molecule has 1 unspecified atom stereocenters. The van der Waals surface area contributed by atoms with Crippen LogP contribution in [-0.4, -0.2) is 61.3 Å². The van der Waals surface area contributed by atoms with E-state index in [1.807, 2.05) is 0 Å². The highest BCUT2D eigenvalue weighted by atomic mass is 19.4. The zero-order valence-electron chi connectivity index (χ0n) is 11.8. The molecule has 2 aliphatic heterocycles. The molecule has 21 heavy (non-hydrogen) atoms. The number of rotatable bonds is 3. The summed E-state index contributed by atoms with van der Waals surface area (Å²) in [5.41, 5.74) is 0.337. The van der Waals surface area contributed by atoms with Crippen LogP contribution >= 0.6 is 0 Å². The van der Waals surface area contributed by atoms with Crippen molar-refractivity contribution in [1.82, 2.24) is 15.1 Å². The highest BCUT2D eigenvalue weighted by Gasteiger charge is 2.49. The summed E-state index contributed by atoms with van der Waals surface area (Å²) in [7, 11) is 0. The number of nitrogens with zero attached hydrogens (tertiary/aromatic N) is 2. The fourth-order valence-corrected chi connectivity index (χ4v) is 3.22. The van der Waals surface area contributed by atoms with E-state index in [-0.39, 0.29) is 6.04 Å². The summed E-state index contributed by atoms with van der Waals surface area (Å²) in [6.45, 7) is 4.72. The Kier molecular flexibility index (Phi) is 4.19. The summed E-state index contributed by atoms with van der Waals surface area (Å²) >= 11 is 0. The third kappa shape index (κ3) is 3.22. The maximum atomic E-state index is 13.4. The van der Waals surface area contributed by atoms with E-state index in [1.54, 1.807) is 35.2 Å². The van der Waals surface area contributed by atoms with Crippen molar-refractivity contribution in [3.05, 3.63) is 35.9 Å². The minimum Gasteiger partial charge on any atom is -0.314 e. The molecule has 3 rings (SSSR count). The van der Waals surface area contributed by atoms with Crippen molar-refractivity contribution >= 4 is 0 Å². The molecule has 0 saturated carbocycles. The molecule has 0 amide bonds. The fraction of sp³-hybridized carbons (Fsp3) is 0.600. The van der Waals surface area contributed by atoms with Gasteiger partial charge >= 0.3 is 6.18 Å². The van der Waals surface area contributed by atoms with Crippen LogP contribution in [0.1, 0.15) is 11.6 Å². The molecule has 1 atom stereocenters. The van der Waals surface area contributed by atoms with E-state index in [1.165, 1.54) is 0 Å². The number of alkyl halides is 3. The molecule has 116 valence electrons. The van der Waals surface area contributed by atoms with Crippen molar-refractivity contribution in [3.63, 3.8) is 0 Å². The number of halogens is 3. The van der Waals surface area contributed by atoms with E-state index in [2.05, 4.69) is 10.2 Å². The second kappa shape index (κ2) is 5.94. The SMILES string of the molecule is FC(F)(F)C(c1ccccc1)N1CC(N2CCNCC2)C1. The molecule has 0 radical (unpaired) electrons. The van der Waals surface area contributed by atoms with Crippen LogP contribution in [0, 0.1) is 0 Å². The number of piperazine rings is 1. The molecule has 2 heterocycles. The third-order valence-corrected chi connectivity index (χ3v) is 4.35. The van der Waals surface area contributed by atoms with Crippen LogP contribution in [0.25, 0.3) is 0 Å². The van der Waals surface area contributed by atoms with Gasteiger partial charge in [0.1, 0.15) is 6.04 Å². The Bertz CT molecular complexity index is 451. The van der Waals surface area contributed by atoms with Gasteiger partial charge in [-0.25, -0.2) is 0 Å². The van der Waals surface area contributed by atoms with Gasteiger partial charge in [0.25, 0.3) is 0 Å².